The average molecular weight is 358 g/mol. The minimum absolute atomic E-state index is 0.339. The molecule has 0 amide bonds. The number of hydrogen-bond donors (Lipinski definition) is 2. The molecule has 2 N–H and O–H groups in total. The van der Waals surface area contributed by atoms with Gasteiger partial charge in [0.1, 0.15) is 0 Å². The second-order valence-electron chi connectivity index (χ2n) is 6.87. The van der Waals surface area contributed by atoms with E-state index < -0.39 is 15.9 Å². The third-order valence-electron chi connectivity index (χ3n) is 5.11. The number of sulfonamides is 1. The maximum Gasteiger partial charge on any atom is 0.198 e. The Balaban J connectivity index is 1.47. The highest BCUT2D eigenvalue weighted by Gasteiger charge is 2.44. The van der Waals surface area contributed by atoms with Crippen molar-refractivity contribution in [2.75, 3.05) is 25.0 Å². The maximum absolute atomic E-state index is 12.8. The number of fused-ring (bicyclic) bond motifs is 1. The van der Waals surface area contributed by atoms with E-state index in [1.807, 2.05) is 24.3 Å². The zero-order valence-corrected chi connectivity index (χ0v) is 14.8. The average Bonchev–Trinajstić information content (AvgIpc) is 2.73. The fraction of sp³-hybridized carbons (Fsp3) is 0.389. The van der Waals surface area contributed by atoms with Gasteiger partial charge in [-0.05, 0) is 42.7 Å². The Labute approximate surface area is 149 Å². The topological polar surface area (TPSA) is 80.3 Å². The van der Waals surface area contributed by atoms with Gasteiger partial charge in [-0.15, -0.1) is 4.72 Å². The highest BCUT2D eigenvalue weighted by Crippen LogP contribution is 2.34. The van der Waals surface area contributed by atoms with Crippen molar-refractivity contribution >= 4 is 16.1 Å². The number of hydrogen-bond acceptors (Lipinski definition) is 5. The number of rotatable bonds is 2. The molecule has 1 unspecified atom stereocenters. The summed E-state index contributed by atoms with van der Waals surface area (Å²) in [5, 5.41) is 3.34. The van der Waals surface area contributed by atoms with Gasteiger partial charge in [0.2, 0.25) is 0 Å². The van der Waals surface area contributed by atoms with Crippen molar-refractivity contribution in [3.63, 3.8) is 0 Å². The van der Waals surface area contributed by atoms with Crippen LogP contribution in [0.3, 0.4) is 0 Å². The van der Waals surface area contributed by atoms with E-state index in [1.165, 1.54) is 5.56 Å². The van der Waals surface area contributed by atoms with Crippen molar-refractivity contribution in [3.8, 4) is 0 Å². The number of pyridine rings is 1. The van der Waals surface area contributed by atoms with Crippen LogP contribution in [0.15, 0.2) is 53.7 Å². The summed E-state index contributed by atoms with van der Waals surface area (Å²) < 4.78 is 28.5. The molecule has 6 nitrogen and oxygen atoms in total. The summed E-state index contributed by atoms with van der Waals surface area (Å²) in [4.78, 5) is 6.76. The van der Waals surface area contributed by atoms with Crippen LogP contribution in [0.4, 0.5) is 5.69 Å². The molecule has 7 heteroatoms. The standard InChI is InChI=1S/C18H22N4O2S/c23-25(24)17-4-2-1-3-16(17)20-14-18(21-25)7-11-22(12-8-18)13-15-5-9-19-10-6-15/h1-6,9-10,20H,7-8,11-14H2,(H-,21,23,24). The van der Waals surface area contributed by atoms with Crippen molar-refractivity contribution in [3.05, 3.63) is 54.4 Å². The second-order valence-corrected chi connectivity index (χ2v) is 8.52. The molecular weight excluding hydrogens is 336 g/mol. The number of aromatic nitrogens is 1. The Kier molecular flexibility index (Phi) is 4.33. The van der Waals surface area contributed by atoms with Gasteiger partial charge in [-0.25, -0.2) is 0 Å². The molecule has 132 valence electrons. The van der Waals surface area contributed by atoms with E-state index >= 15 is 0 Å². The van der Waals surface area contributed by atoms with Crippen LogP contribution in [0, 0.1) is 0 Å². The summed E-state index contributed by atoms with van der Waals surface area (Å²) in [6.45, 7) is 3.22. The Hall–Kier alpha value is -1.80. The van der Waals surface area contributed by atoms with Crippen LogP contribution >= 0.6 is 0 Å². The lowest BCUT2D eigenvalue weighted by molar-refractivity contribution is 0.150. The Bertz CT molecular complexity index is 791. The first-order valence-corrected chi connectivity index (χ1v) is 10.0. The zero-order chi connectivity index (χ0) is 17.3. The van der Waals surface area contributed by atoms with Crippen LogP contribution in [0.25, 0.3) is 0 Å². The zero-order valence-electron chi connectivity index (χ0n) is 14.0. The molecule has 1 saturated heterocycles. The SMILES string of the molecule is O=[S+]1([O-])NC2(CCN(Cc3ccncc3)CC2)CNc2ccccc21. The molecule has 25 heavy (non-hydrogen) atoms. The number of anilines is 1. The summed E-state index contributed by atoms with van der Waals surface area (Å²) in [5.74, 6) is 0. The molecule has 0 bridgehead atoms. The first-order valence-electron chi connectivity index (χ1n) is 8.55. The lowest BCUT2D eigenvalue weighted by atomic mass is 9.88. The molecule has 0 radical (unpaired) electrons. The molecular formula is C18H22N4O2S. The van der Waals surface area contributed by atoms with E-state index in [0.29, 0.717) is 17.1 Å². The molecule has 1 fully saturated rings. The molecule has 2 aliphatic rings. The lowest BCUT2D eigenvalue weighted by Gasteiger charge is -2.41. The van der Waals surface area contributed by atoms with E-state index in [1.54, 1.807) is 24.5 Å². The van der Waals surface area contributed by atoms with Gasteiger partial charge in [-0.1, -0.05) is 16.3 Å². The number of para-hydroxylation sites is 1. The molecule has 0 saturated carbocycles. The summed E-state index contributed by atoms with van der Waals surface area (Å²) in [6.07, 6.45) is 5.19. The molecule has 0 aliphatic carbocycles. The van der Waals surface area contributed by atoms with Crippen LogP contribution in [0.2, 0.25) is 0 Å². The Morgan fingerprint density at radius 3 is 2.64 bits per heavy atom. The van der Waals surface area contributed by atoms with E-state index in [4.69, 9.17) is 0 Å². The van der Waals surface area contributed by atoms with Crippen molar-refractivity contribution in [1.29, 1.82) is 0 Å². The van der Waals surface area contributed by atoms with Crippen molar-refractivity contribution in [2.24, 2.45) is 0 Å². The maximum atomic E-state index is 12.8. The summed E-state index contributed by atoms with van der Waals surface area (Å²) in [6, 6.07) is 11.1. The lowest BCUT2D eigenvalue weighted by Crippen LogP contribution is -2.58. The first-order chi connectivity index (χ1) is 12.1. The quantitative estimate of drug-likeness (QED) is 0.803. The van der Waals surface area contributed by atoms with Crippen LogP contribution in [0.1, 0.15) is 18.4 Å². The van der Waals surface area contributed by atoms with E-state index in [9.17, 15) is 8.76 Å². The summed E-state index contributed by atoms with van der Waals surface area (Å²) in [7, 11) is -3.50. The fourth-order valence-electron chi connectivity index (χ4n) is 3.65. The monoisotopic (exact) mass is 358 g/mol. The van der Waals surface area contributed by atoms with Gasteiger partial charge in [-0.3, -0.25) is 9.88 Å². The molecule has 2 aromatic rings. The summed E-state index contributed by atoms with van der Waals surface area (Å²) >= 11 is 0. The second kappa shape index (κ2) is 6.49. The van der Waals surface area contributed by atoms with Gasteiger partial charge in [0.25, 0.3) is 0 Å². The molecule has 1 atom stereocenters. The van der Waals surface area contributed by atoms with Gasteiger partial charge >= 0.3 is 0 Å². The minimum atomic E-state index is -3.50. The number of piperidine rings is 1. The molecule has 2 aliphatic heterocycles. The third-order valence-corrected chi connectivity index (χ3v) is 6.75. The minimum Gasteiger partial charge on any atom is -0.593 e. The normalized spacial score (nSPS) is 25.8. The molecule has 3 heterocycles. The third kappa shape index (κ3) is 3.46. The van der Waals surface area contributed by atoms with Gasteiger partial charge < -0.3 is 9.87 Å². The Morgan fingerprint density at radius 2 is 1.88 bits per heavy atom. The van der Waals surface area contributed by atoms with Crippen LogP contribution < -0.4 is 10.0 Å². The van der Waals surface area contributed by atoms with Crippen molar-refractivity contribution in [2.45, 2.75) is 29.8 Å². The van der Waals surface area contributed by atoms with Gasteiger partial charge in [0.15, 0.2) is 15.3 Å². The Morgan fingerprint density at radius 1 is 1.16 bits per heavy atom. The number of nitrogens with zero attached hydrogens (tertiary/aromatic N) is 2. The van der Waals surface area contributed by atoms with E-state index in [-0.39, 0.29) is 0 Å². The van der Waals surface area contributed by atoms with Gasteiger partial charge in [0, 0.05) is 38.6 Å². The number of benzene rings is 1. The first kappa shape index (κ1) is 16.7. The smallest absolute Gasteiger partial charge is 0.198 e. The predicted octanol–water partition coefficient (Wildman–Crippen LogP) is 2.04. The van der Waals surface area contributed by atoms with Crippen LogP contribution in [-0.4, -0.2) is 39.6 Å². The van der Waals surface area contributed by atoms with Crippen molar-refractivity contribution < 1.29 is 8.76 Å². The summed E-state index contributed by atoms with van der Waals surface area (Å²) in [5.41, 5.74) is 1.50. The van der Waals surface area contributed by atoms with Crippen LogP contribution in [0.5, 0.6) is 0 Å². The highest BCUT2D eigenvalue weighted by atomic mass is 32.3. The predicted molar refractivity (Wildman–Crippen MR) is 96.6 cm³/mol. The fourth-order valence-corrected chi connectivity index (χ4v) is 5.30. The van der Waals surface area contributed by atoms with Gasteiger partial charge in [-0.2, -0.15) is 0 Å². The molecule has 1 spiro atoms. The van der Waals surface area contributed by atoms with E-state index in [2.05, 4.69) is 19.9 Å². The van der Waals surface area contributed by atoms with Crippen molar-refractivity contribution in [1.82, 2.24) is 14.6 Å². The highest BCUT2D eigenvalue weighted by molar-refractivity contribution is 7.96. The molecule has 4 rings (SSSR count). The molecule has 1 aromatic carbocycles. The largest absolute Gasteiger partial charge is 0.593 e. The van der Waals surface area contributed by atoms with E-state index in [0.717, 1.165) is 32.5 Å². The van der Waals surface area contributed by atoms with Gasteiger partial charge in [0.05, 0.1) is 11.2 Å². The van der Waals surface area contributed by atoms with Crippen LogP contribution in [-0.2, 0) is 21.2 Å². The number of nitrogens with one attached hydrogen (secondary N) is 2. The number of likely N-dealkylation sites (tertiary alicyclic amines) is 1. The molecule has 1 aromatic heterocycles.